The van der Waals surface area contributed by atoms with Crippen molar-refractivity contribution in [2.75, 3.05) is 11.4 Å². The maximum absolute atomic E-state index is 5.53. The molecule has 4 bridgehead atoms. The van der Waals surface area contributed by atoms with Crippen molar-refractivity contribution in [2.45, 2.75) is 64.0 Å². The highest BCUT2D eigenvalue weighted by molar-refractivity contribution is 6.01. The van der Waals surface area contributed by atoms with Crippen molar-refractivity contribution in [2.24, 2.45) is 22.7 Å². The Labute approximate surface area is 250 Å². The van der Waals surface area contributed by atoms with E-state index in [4.69, 9.17) is 4.99 Å². The lowest BCUT2D eigenvalue weighted by molar-refractivity contribution is -0.0597. The quantitative estimate of drug-likeness (QED) is 0.246. The van der Waals surface area contributed by atoms with E-state index in [-0.39, 0.29) is 11.6 Å². The fraction of sp³-hybridized carbons (Fsp3) is 0.359. The molecule has 1 saturated heterocycles. The lowest BCUT2D eigenvalue weighted by Gasteiger charge is -2.60. The molecule has 5 fully saturated rings. The van der Waals surface area contributed by atoms with Gasteiger partial charge in [0, 0.05) is 17.8 Å². The average Bonchev–Trinajstić information content (AvgIpc) is 3.38. The molecule has 3 nitrogen and oxygen atoms in total. The molecule has 1 aliphatic heterocycles. The molecule has 4 aliphatic carbocycles. The molecule has 4 aromatic rings. The van der Waals surface area contributed by atoms with Crippen LogP contribution in [0.15, 0.2) is 108 Å². The molecule has 0 unspecified atom stereocenters. The summed E-state index contributed by atoms with van der Waals surface area (Å²) in [6.45, 7) is 5.31. The van der Waals surface area contributed by atoms with Crippen molar-refractivity contribution < 1.29 is 0 Å². The summed E-state index contributed by atoms with van der Waals surface area (Å²) in [7, 11) is 0. The number of hydrogen-bond donors (Lipinski definition) is 0. The summed E-state index contributed by atoms with van der Waals surface area (Å²) in [5.41, 5.74) is 8.96. The molecule has 1 heterocycles. The number of aryl methyl sites for hydroxylation is 2. The third kappa shape index (κ3) is 4.54. The Hall–Kier alpha value is -3.85. The Morgan fingerprint density at radius 2 is 1.17 bits per heavy atom. The van der Waals surface area contributed by atoms with Gasteiger partial charge in [-0.2, -0.15) is 0 Å². The number of guanidine groups is 1. The molecule has 42 heavy (non-hydrogen) atoms. The minimum absolute atomic E-state index is 0.203. The summed E-state index contributed by atoms with van der Waals surface area (Å²) in [4.78, 5) is 10.9. The molecule has 4 saturated carbocycles. The predicted molar refractivity (Wildman–Crippen MR) is 174 cm³/mol. The van der Waals surface area contributed by atoms with Gasteiger partial charge in [0.05, 0.1) is 11.7 Å². The Bertz CT molecular complexity index is 1550. The van der Waals surface area contributed by atoms with E-state index in [9.17, 15) is 0 Å². The molecule has 0 spiro atoms. The normalized spacial score (nSPS) is 29.0. The largest absolute Gasteiger partial charge is 0.334 e. The van der Waals surface area contributed by atoms with Crippen LogP contribution in [0.1, 0.15) is 61.3 Å². The van der Waals surface area contributed by atoms with E-state index < -0.39 is 0 Å². The van der Waals surface area contributed by atoms with Gasteiger partial charge < -0.3 is 9.80 Å². The van der Waals surface area contributed by atoms with E-state index in [0.29, 0.717) is 0 Å². The number of anilines is 1. The second-order valence-electron chi connectivity index (χ2n) is 13.7. The summed E-state index contributed by atoms with van der Waals surface area (Å²) < 4.78 is 0. The first-order valence-corrected chi connectivity index (χ1v) is 16.0. The lowest BCUT2D eigenvalue weighted by atomic mass is 9.52. The van der Waals surface area contributed by atoms with Gasteiger partial charge in [-0.1, -0.05) is 90.0 Å². The van der Waals surface area contributed by atoms with Gasteiger partial charge in [-0.3, -0.25) is 0 Å². The minimum atomic E-state index is 0.203. The smallest absolute Gasteiger partial charge is 0.207 e. The SMILES string of the molecule is Cc1ccc(N=C2N(c3ccc(C)cc3)[C@@H](c3ccc(-c4ccccc4)cc3)CN2C23CC4CC(CC(C4)C2)C3)cc1. The number of nitrogens with zero attached hydrogens (tertiary/aromatic N) is 3. The molecule has 0 amide bonds. The second kappa shape index (κ2) is 10.2. The van der Waals surface area contributed by atoms with Crippen LogP contribution in [0.5, 0.6) is 0 Å². The Kier molecular flexibility index (Phi) is 6.24. The van der Waals surface area contributed by atoms with E-state index >= 15 is 0 Å². The van der Waals surface area contributed by atoms with Gasteiger partial charge in [0.1, 0.15) is 0 Å². The number of benzene rings is 4. The summed E-state index contributed by atoms with van der Waals surface area (Å²) in [5, 5.41) is 0. The monoisotopic (exact) mass is 551 g/mol. The molecule has 1 atom stereocenters. The van der Waals surface area contributed by atoms with Crippen LogP contribution in [0.4, 0.5) is 11.4 Å². The summed E-state index contributed by atoms with van der Waals surface area (Å²) >= 11 is 0. The van der Waals surface area contributed by atoms with Crippen LogP contribution in [0, 0.1) is 31.6 Å². The summed E-state index contributed by atoms with van der Waals surface area (Å²) in [5.74, 6) is 3.79. The molecule has 4 aromatic carbocycles. The second-order valence-corrected chi connectivity index (χ2v) is 13.7. The predicted octanol–water partition coefficient (Wildman–Crippen LogP) is 9.49. The molecule has 212 valence electrons. The van der Waals surface area contributed by atoms with E-state index in [1.807, 2.05) is 0 Å². The van der Waals surface area contributed by atoms with Gasteiger partial charge in [-0.25, -0.2) is 4.99 Å². The minimum Gasteiger partial charge on any atom is -0.334 e. The first kappa shape index (κ1) is 25.8. The average molecular weight is 552 g/mol. The van der Waals surface area contributed by atoms with E-state index in [1.165, 1.54) is 72.0 Å². The zero-order chi connectivity index (χ0) is 28.3. The Morgan fingerprint density at radius 1 is 0.619 bits per heavy atom. The van der Waals surface area contributed by atoms with Crippen molar-refractivity contribution >= 4 is 17.3 Å². The Morgan fingerprint density at radius 3 is 1.76 bits per heavy atom. The standard InChI is InChI=1S/C39H41N3/c1-27-8-16-35(17-9-27)40-38-41(39-23-29-20-30(24-39)22-31(21-29)25-39)26-37(42(38)36-18-10-28(2)11-19-36)34-14-12-33(13-15-34)32-6-4-3-5-7-32/h3-19,29-31,37H,20-26H2,1-2H3/t29?,30?,31?,37-,39?/m1/s1. The van der Waals surface area contributed by atoms with Crippen LogP contribution in [0.3, 0.4) is 0 Å². The van der Waals surface area contributed by atoms with Crippen molar-refractivity contribution in [3.05, 3.63) is 120 Å². The summed E-state index contributed by atoms with van der Waals surface area (Å²) in [6, 6.07) is 38.1. The third-order valence-electron chi connectivity index (χ3n) is 10.7. The van der Waals surface area contributed by atoms with E-state index in [1.54, 1.807) is 0 Å². The lowest BCUT2D eigenvalue weighted by Crippen LogP contribution is -2.61. The topological polar surface area (TPSA) is 18.8 Å². The maximum atomic E-state index is 5.53. The highest BCUT2D eigenvalue weighted by atomic mass is 15.5. The van der Waals surface area contributed by atoms with Gasteiger partial charge in [-0.05, 0) is 111 Å². The van der Waals surface area contributed by atoms with Crippen LogP contribution in [-0.4, -0.2) is 22.9 Å². The van der Waals surface area contributed by atoms with Crippen LogP contribution < -0.4 is 4.90 Å². The highest BCUT2D eigenvalue weighted by Crippen LogP contribution is 2.59. The highest BCUT2D eigenvalue weighted by Gasteiger charge is 2.57. The molecule has 0 N–H and O–H groups in total. The molecule has 0 radical (unpaired) electrons. The first-order valence-electron chi connectivity index (χ1n) is 16.0. The van der Waals surface area contributed by atoms with Crippen molar-refractivity contribution in [1.82, 2.24) is 4.90 Å². The molecule has 5 aliphatic rings. The van der Waals surface area contributed by atoms with Crippen molar-refractivity contribution in [3.8, 4) is 11.1 Å². The maximum Gasteiger partial charge on any atom is 0.207 e. The first-order chi connectivity index (χ1) is 20.5. The van der Waals surface area contributed by atoms with Crippen LogP contribution in [0.2, 0.25) is 0 Å². The molecule has 0 aromatic heterocycles. The fourth-order valence-corrected chi connectivity index (χ4v) is 9.04. The van der Waals surface area contributed by atoms with E-state index in [2.05, 4.69) is 127 Å². The Balaban J connectivity index is 1.26. The molecular weight excluding hydrogens is 510 g/mol. The van der Waals surface area contributed by atoms with Crippen molar-refractivity contribution in [1.29, 1.82) is 0 Å². The van der Waals surface area contributed by atoms with Gasteiger partial charge >= 0.3 is 0 Å². The number of rotatable bonds is 5. The number of aliphatic imine (C=N–C) groups is 1. The fourth-order valence-electron chi connectivity index (χ4n) is 9.04. The summed E-state index contributed by atoms with van der Waals surface area (Å²) in [6.07, 6.45) is 8.32. The van der Waals surface area contributed by atoms with Gasteiger partial charge in [0.2, 0.25) is 5.96 Å². The zero-order valence-corrected chi connectivity index (χ0v) is 24.9. The van der Waals surface area contributed by atoms with Crippen molar-refractivity contribution in [3.63, 3.8) is 0 Å². The third-order valence-corrected chi connectivity index (χ3v) is 10.7. The van der Waals surface area contributed by atoms with Gasteiger partial charge in [-0.15, -0.1) is 0 Å². The van der Waals surface area contributed by atoms with Gasteiger partial charge in [0.25, 0.3) is 0 Å². The van der Waals surface area contributed by atoms with Crippen LogP contribution in [0.25, 0.3) is 11.1 Å². The van der Waals surface area contributed by atoms with E-state index in [0.717, 1.165) is 35.9 Å². The van der Waals surface area contributed by atoms with Crippen LogP contribution >= 0.6 is 0 Å². The molecule has 3 heteroatoms. The van der Waals surface area contributed by atoms with Gasteiger partial charge in [0.15, 0.2) is 0 Å². The molecular formula is C39H41N3. The molecule has 9 rings (SSSR count). The van der Waals surface area contributed by atoms with Crippen LogP contribution in [-0.2, 0) is 0 Å². The number of hydrogen-bond acceptors (Lipinski definition) is 1. The zero-order valence-electron chi connectivity index (χ0n) is 24.9.